The van der Waals surface area contributed by atoms with Gasteiger partial charge in [0.25, 0.3) is 0 Å². The molecular formula is C52H31N3OS. The molecule has 0 N–H and O–H groups in total. The van der Waals surface area contributed by atoms with Crippen molar-refractivity contribution in [3.05, 3.63) is 188 Å². The first-order valence-corrected chi connectivity index (χ1v) is 20.0. The van der Waals surface area contributed by atoms with Crippen LogP contribution in [0.3, 0.4) is 0 Å². The molecule has 0 unspecified atom stereocenters. The third-order valence-corrected chi connectivity index (χ3v) is 12.4. The summed E-state index contributed by atoms with van der Waals surface area (Å²) >= 11 is 1.83. The summed E-state index contributed by atoms with van der Waals surface area (Å²) in [5.74, 6) is 0.695. The summed E-state index contributed by atoms with van der Waals surface area (Å²) in [6, 6.07) is 66.6. The van der Waals surface area contributed by atoms with Gasteiger partial charge in [0.1, 0.15) is 11.2 Å². The van der Waals surface area contributed by atoms with Crippen molar-refractivity contribution in [1.82, 2.24) is 14.5 Å². The minimum absolute atomic E-state index is 0.695. The van der Waals surface area contributed by atoms with Crippen molar-refractivity contribution >= 4 is 75.3 Å². The molecule has 12 rings (SSSR count). The van der Waals surface area contributed by atoms with Crippen LogP contribution in [0.25, 0.3) is 115 Å². The van der Waals surface area contributed by atoms with E-state index in [4.69, 9.17) is 14.4 Å². The van der Waals surface area contributed by atoms with E-state index in [1.54, 1.807) is 0 Å². The van der Waals surface area contributed by atoms with Gasteiger partial charge < -0.3 is 8.98 Å². The molecule has 8 aromatic carbocycles. The Hall–Kier alpha value is -7.34. The Morgan fingerprint density at radius 2 is 1.07 bits per heavy atom. The van der Waals surface area contributed by atoms with Gasteiger partial charge in [0.15, 0.2) is 5.82 Å². The molecule has 4 heterocycles. The molecule has 0 aliphatic carbocycles. The van der Waals surface area contributed by atoms with E-state index in [-0.39, 0.29) is 0 Å². The summed E-state index contributed by atoms with van der Waals surface area (Å²) in [6.45, 7) is 0. The van der Waals surface area contributed by atoms with E-state index in [9.17, 15) is 0 Å². The van der Waals surface area contributed by atoms with Crippen LogP contribution in [0.2, 0.25) is 0 Å². The van der Waals surface area contributed by atoms with Gasteiger partial charge in [0.05, 0.1) is 22.4 Å². The average molecular weight is 746 g/mol. The number of hydrogen-bond acceptors (Lipinski definition) is 4. The molecule has 0 amide bonds. The smallest absolute Gasteiger partial charge is 0.161 e. The van der Waals surface area contributed by atoms with Gasteiger partial charge in [0, 0.05) is 64.1 Å². The van der Waals surface area contributed by atoms with Crippen LogP contribution in [0.4, 0.5) is 0 Å². The van der Waals surface area contributed by atoms with Gasteiger partial charge in [-0.2, -0.15) is 0 Å². The topological polar surface area (TPSA) is 43.9 Å². The van der Waals surface area contributed by atoms with Crippen LogP contribution in [0, 0.1) is 0 Å². The predicted molar refractivity (Wildman–Crippen MR) is 238 cm³/mol. The van der Waals surface area contributed by atoms with E-state index in [1.165, 1.54) is 53.1 Å². The molecule has 0 radical (unpaired) electrons. The minimum atomic E-state index is 0.695. The maximum atomic E-state index is 6.31. The average Bonchev–Trinajstić information content (AvgIpc) is 3.96. The Labute approximate surface area is 331 Å². The van der Waals surface area contributed by atoms with Crippen LogP contribution in [0.1, 0.15) is 0 Å². The fraction of sp³-hybridized carbons (Fsp3) is 0. The van der Waals surface area contributed by atoms with Crippen molar-refractivity contribution in [3.63, 3.8) is 0 Å². The number of benzene rings is 8. The normalized spacial score (nSPS) is 11.9. The van der Waals surface area contributed by atoms with Crippen LogP contribution in [0.15, 0.2) is 192 Å². The largest absolute Gasteiger partial charge is 0.456 e. The highest BCUT2D eigenvalue weighted by atomic mass is 32.1. The molecule has 12 aromatic rings. The fourth-order valence-electron chi connectivity index (χ4n) is 8.61. The first kappa shape index (κ1) is 32.0. The van der Waals surface area contributed by atoms with E-state index >= 15 is 0 Å². The van der Waals surface area contributed by atoms with Gasteiger partial charge in [-0.15, -0.1) is 11.3 Å². The molecule has 0 aliphatic heterocycles. The highest BCUT2D eigenvalue weighted by Crippen LogP contribution is 2.45. The van der Waals surface area contributed by atoms with Crippen molar-refractivity contribution in [2.45, 2.75) is 0 Å². The molecule has 0 saturated heterocycles. The molecule has 266 valence electrons. The number of fused-ring (bicyclic) bond motifs is 9. The second kappa shape index (κ2) is 12.6. The standard InChI is InChI=1S/C52H31N3OS/c1-3-13-32(14-4-1)43-31-44(34-26-28-40-39-18-8-10-23-47(39)56-48(40)30-34)54-52(53-43)42-21-12-24-49-50(42)41-20-11-19-36(51(41)57-49)33-25-27-38-37-17-7-9-22-45(37)55(46(38)29-33)35-15-5-2-6-16-35/h1-31H. The molecule has 0 spiro atoms. The van der Waals surface area contributed by atoms with Gasteiger partial charge in [-0.1, -0.05) is 133 Å². The quantitative estimate of drug-likeness (QED) is 0.176. The van der Waals surface area contributed by atoms with Crippen molar-refractivity contribution in [3.8, 4) is 50.7 Å². The summed E-state index contributed by atoms with van der Waals surface area (Å²) in [5, 5.41) is 7.07. The first-order chi connectivity index (χ1) is 28.2. The van der Waals surface area contributed by atoms with Crippen LogP contribution >= 0.6 is 11.3 Å². The Morgan fingerprint density at radius 3 is 1.95 bits per heavy atom. The predicted octanol–water partition coefficient (Wildman–Crippen LogP) is 14.5. The Balaban J connectivity index is 1.05. The van der Waals surface area contributed by atoms with Crippen molar-refractivity contribution in [1.29, 1.82) is 0 Å². The lowest BCUT2D eigenvalue weighted by atomic mass is 9.99. The number of thiophene rings is 1. The fourth-order valence-corrected chi connectivity index (χ4v) is 9.88. The third kappa shape index (κ3) is 5.06. The maximum Gasteiger partial charge on any atom is 0.161 e. The Morgan fingerprint density at radius 1 is 0.421 bits per heavy atom. The highest BCUT2D eigenvalue weighted by Gasteiger charge is 2.20. The zero-order chi connectivity index (χ0) is 37.5. The van der Waals surface area contributed by atoms with Gasteiger partial charge in [-0.05, 0) is 65.7 Å². The lowest BCUT2D eigenvalue weighted by molar-refractivity contribution is 0.669. The summed E-state index contributed by atoms with van der Waals surface area (Å²) in [5.41, 5.74) is 12.4. The number of hydrogen-bond donors (Lipinski definition) is 0. The van der Waals surface area contributed by atoms with Crippen molar-refractivity contribution in [2.24, 2.45) is 0 Å². The molecule has 4 nitrogen and oxygen atoms in total. The van der Waals surface area contributed by atoms with Crippen LogP contribution in [0.5, 0.6) is 0 Å². The van der Waals surface area contributed by atoms with Crippen molar-refractivity contribution < 1.29 is 4.42 Å². The van der Waals surface area contributed by atoms with Crippen LogP contribution in [-0.2, 0) is 0 Å². The zero-order valence-electron chi connectivity index (χ0n) is 30.6. The number of aromatic nitrogens is 3. The number of rotatable bonds is 5. The molecule has 5 heteroatoms. The van der Waals surface area contributed by atoms with E-state index in [0.717, 1.165) is 55.7 Å². The second-order valence-electron chi connectivity index (χ2n) is 14.5. The Bertz CT molecular complexity index is 3520. The number of nitrogens with zero attached hydrogens (tertiary/aromatic N) is 3. The van der Waals surface area contributed by atoms with Gasteiger partial charge >= 0.3 is 0 Å². The second-order valence-corrected chi connectivity index (χ2v) is 15.6. The monoisotopic (exact) mass is 745 g/mol. The molecule has 0 atom stereocenters. The number of furan rings is 1. The minimum Gasteiger partial charge on any atom is -0.456 e. The van der Waals surface area contributed by atoms with E-state index < -0.39 is 0 Å². The first-order valence-electron chi connectivity index (χ1n) is 19.1. The van der Waals surface area contributed by atoms with Gasteiger partial charge in [-0.3, -0.25) is 0 Å². The lowest BCUT2D eigenvalue weighted by Gasteiger charge is -2.11. The molecule has 4 aromatic heterocycles. The van der Waals surface area contributed by atoms with Crippen molar-refractivity contribution in [2.75, 3.05) is 0 Å². The molecule has 0 saturated carbocycles. The van der Waals surface area contributed by atoms with E-state index in [1.807, 2.05) is 29.5 Å². The molecule has 0 bridgehead atoms. The maximum absolute atomic E-state index is 6.31. The summed E-state index contributed by atoms with van der Waals surface area (Å²) < 4.78 is 11.1. The molecule has 0 fully saturated rings. The lowest BCUT2D eigenvalue weighted by Crippen LogP contribution is -1.96. The summed E-state index contributed by atoms with van der Waals surface area (Å²) in [4.78, 5) is 10.6. The van der Waals surface area contributed by atoms with E-state index in [0.29, 0.717) is 5.82 Å². The highest BCUT2D eigenvalue weighted by molar-refractivity contribution is 7.26. The Kier molecular flexibility index (Phi) is 7.06. The summed E-state index contributed by atoms with van der Waals surface area (Å²) in [7, 11) is 0. The van der Waals surface area contributed by atoms with E-state index in [2.05, 4.69) is 174 Å². The SMILES string of the molecule is c1ccc(-c2cc(-c3ccc4c(c3)oc3ccccc34)nc(-c3cccc4sc5c(-c6ccc7c8ccccc8n(-c8ccccc8)c7c6)cccc5c34)n2)cc1. The third-order valence-electron chi connectivity index (χ3n) is 11.2. The molecular weight excluding hydrogens is 715 g/mol. The van der Waals surface area contributed by atoms with Crippen LogP contribution < -0.4 is 0 Å². The zero-order valence-corrected chi connectivity index (χ0v) is 31.4. The van der Waals surface area contributed by atoms with Gasteiger partial charge in [0.2, 0.25) is 0 Å². The summed E-state index contributed by atoms with van der Waals surface area (Å²) in [6.07, 6.45) is 0. The molecule has 57 heavy (non-hydrogen) atoms. The number of para-hydroxylation sites is 3. The van der Waals surface area contributed by atoms with Gasteiger partial charge in [-0.25, -0.2) is 9.97 Å². The van der Waals surface area contributed by atoms with Crippen LogP contribution in [-0.4, -0.2) is 14.5 Å². The molecule has 0 aliphatic rings.